The summed E-state index contributed by atoms with van der Waals surface area (Å²) in [5, 5.41) is 22.0. The molecule has 182 valence electrons. The van der Waals surface area contributed by atoms with Gasteiger partial charge in [0.2, 0.25) is 0 Å². The third-order valence-electron chi connectivity index (χ3n) is 11.4. The molecule has 3 nitrogen and oxygen atoms in total. The highest BCUT2D eigenvalue weighted by molar-refractivity contribution is 5.95. The molecule has 33 heavy (non-hydrogen) atoms. The number of rotatable bonds is 5. The SMILES string of the molecule is C[C@H](CCC(=O)c1ccccc1)[C@H]1CC[C@H]2[C@@H]3CCC4CC(O)CC[C@]4(C)[C@H]3CC(O)[C@]12C. The third-order valence-corrected chi connectivity index (χ3v) is 11.4. The lowest BCUT2D eigenvalue weighted by atomic mass is 9.43. The molecule has 10 atom stereocenters. The van der Waals surface area contributed by atoms with E-state index in [-0.39, 0.29) is 28.8 Å². The monoisotopic (exact) mass is 452 g/mol. The summed E-state index contributed by atoms with van der Waals surface area (Å²) in [6.07, 6.45) is 10.1. The van der Waals surface area contributed by atoms with Gasteiger partial charge in [0.1, 0.15) is 0 Å². The summed E-state index contributed by atoms with van der Waals surface area (Å²) in [6.45, 7) is 7.21. The number of hydrogen-bond acceptors (Lipinski definition) is 3. The second kappa shape index (κ2) is 8.79. The zero-order valence-electron chi connectivity index (χ0n) is 20.9. The van der Waals surface area contributed by atoms with Crippen molar-refractivity contribution in [2.75, 3.05) is 0 Å². The van der Waals surface area contributed by atoms with Crippen LogP contribution in [0.4, 0.5) is 0 Å². The smallest absolute Gasteiger partial charge is 0.162 e. The molecule has 0 saturated heterocycles. The Morgan fingerprint density at radius 1 is 1.00 bits per heavy atom. The topological polar surface area (TPSA) is 57.5 Å². The lowest BCUT2D eigenvalue weighted by Crippen LogP contribution is -2.58. The van der Waals surface area contributed by atoms with Crippen LogP contribution in [0.15, 0.2) is 30.3 Å². The van der Waals surface area contributed by atoms with Crippen LogP contribution < -0.4 is 0 Å². The number of aliphatic hydroxyl groups is 2. The summed E-state index contributed by atoms with van der Waals surface area (Å²) in [7, 11) is 0. The lowest BCUT2D eigenvalue weighted by molar-refractivity contribution is -0.174. The van der Waals surface area contributed by atoms with Crippen molar-refractivity contribution in [3.8, 4) is 0 Å². The van der Waals surface area contributed by atoms with Crippen LogP contribution in [-0.4, -0.2) is 28.2 Å². The largest absolute Gasteiger partial charge is 0.393 e. The Bertz CT molecular complexity index is 851. The van der Waals surface area contributed by atoms with Gasteiger partial charge in [0, 0.05) is 12.0 Å². The van der Waals surface area contributed by atoms with Crippen LogP contribution in [0.3, 0.4) is 0 Å². The highest BCUT2D eigenvalue weighted by Gasteiger charge is 2.63. The highest BCUT2D eigenvalue weighted by Crippen LogP contribution is 2.68. The van der Waals surface area contributed by atoms with Gasteiger partial charge in [-0.15, -0.1) is 0 Å². The first-order valence-corrected chi connectivity index (χ1v) is 13.7. The molecule has 1 aromatic carbocycles. The van der Waals surface area contributed by atoms with Crippen LogP contribution in [0, 0.1) is 46.3 Å². The molecule has 5 rings (SSSR count). The van der Waals surface area contributed by atoms with E-state index in [9.17, 15) is 15.0 Å². The Morgan fingerprint density at radius 3 is 2.52 bits per heavy atom. The molecule has 4 aliphatic carbocycles. The van der Waals surface area contributed by atoms with Gasteiger partial charge in [-0.05, 0) is 104 Å². The highest BCUT2D eigenvalue weighted by atomic mass is 16.3. The molecule has 0 spiro atoms. The van der Waals surface area contributed by atoms with E-state index in [1.165, 1.54) is 25.7 Å². The van der Waals surface area contributed by atoms with Crippen molar-refractivity contribution in [3.05, 3.63) is 35.9 Å². The fourth-order valence-electron chi connectivity index (χ4n) is 9.49. The average Bonchev–Trinajstić information content (AvgIpc) is 3.18. The minimum absolute atomic E-state index is 0.0201. The molecule has 1 aromatic rings. The van der Waals surface area contributed by atoms with Gasteiger partial charge in [-0.1, -0.05) is 51.1 Å². The summed E-state index contributed by atoms with van der Waals surface area (Å²) in [5.41, 5.74) is 1.09. The second-order valence-electron chi connectivity index (χ2n) is 12.7. The predicted octanol–water partition coefficient (Wildman–Crippen LogP) is 6.28. The minimum atomic E-state index is -0.244. The predicted molar refractivity (Wildman–Crippen MR) is 132 cm³/mol. The second-order valence-corrected chi connectivity index (χ2v) is 12.7. The van der Waals surface area contributed by atoms with E-state index in [4.69, 9.17) is 0 Å². The van der Waals surface area contributed by atoms with Crippen molar-refractivity contribution in [1.82, 2.24) is 0 Å². The molecular formula is C30H44O3. The number of carbonyl (C=O) groups excluding carboxylic acids is 1. The quantitative estimate of drug-likeness (QED) is 0.517. The third kappa shape index (κ3) is 3.82. The maximum absolute atomic E-state index is 12.7. The van der Waals surface area contributed by atoms with Gasteiger partial charge in [-0.25, -0.2) is 0 Å². The van der Waals surface area contributed by atoms with Crippen molar-refractivity contribution in [1.29, 1.82) is 0 Å². The fourth-order valence-corrected chi connectivity index (χ4v) is 9.49. The Morgan fingerprint density at radius 2 is 1.76 bits per heavy atom. The van der Waals surface area contributed by atoms with E-state index in [2.05, 4.69) is 20.8 Å². The first-order chi connectivity index (χ1) is 15.7. The van der Waals surface area contributed by atoms with Crippen LogP contribution in [0.1, 0.15) is 95.3 Å². The molecule has 0 aromatic heterocycles. The fraction of sp³-hybridized carbons (Fsp3) is 0.767. The van der Waals surface area contributed by atoms with E-state index in [0.717, 1.165) is 43.6 Å². The molecule has 0 heterocycles. The molecule has 0 aliphatic heterocycles. The van der Waals surface area contributed by atoms with E-state index in [1.54, 1.807) is 0 Å². The summed E-state index contributed by atoms with van der Waals surface area (Å²) in [5.74, 6) is 3.75. The summed E-state index contributed by atoms with van der Waals surface area (Å²) in [4.78, 5) is 12.7. The number of hydrogen-bond donors (Lipinski definition) is 2. The Hall–Kier alpha value is -1.19. The molecule has 4 fully saturated rings. The number of ketones is 1. The van der Waals surface area contributed by atoms with Crippen molar-refractivity contribution in [3.63, 3.8) is 0 Å². The average molecular weight is 453 g/mol. The molecule has 0 radical (unpaired) electrons. The number of aliphatic hydroxyl groups excluding tert-OH is 2. The molecule has 0 amide bonds. The lowest BCUT2D eigenvalue weighted by Gasteiger charge is -2.62. The van der Waals surface area contributed by atoms with Gasteiger partial charge in [-0.2, -0.15) is 0 Å². The Kier molecular flexibility index (Phi) is 6.27. The summed E-state index contributed by atoms with van der Waals surface area (Å²) in [6, 6.07) is 9.69. The van der Waals surface area contributed by atoms with Crippen LogP contribution in [0.2, 0.25) is 0 Å². The zero-order valence-corrected chi connectivity index (χ0v) is 20.9. The van der Waals surface area contributed by atoms with E-state index in [1.807, 2.05) is 30.3 Å². The normalized spacial score (nSPS) is 45.5. The standard InChI is InChI=1S/C30H44O3/c1-19(9-14-27(32)20-7-5-4-6-8-20)24-12-13-25-23-11-10-21-17-22(31)15-16-29(21,2)26(23)18-28(33)30(24,25)3/h4-8,19,21-26,28,31,33H,9-18H2,1-3H3/t19-,21?,22?,23+,24-,25+,26+,28?,29+,30-/m1/s1. The van der Waals surface area contributed by atoms with Gasteiger partial charge >= 0.3 is 0 Å². The van der Waals surface area contributed by atoms with E-state index >= 15 is 0 Å². The van der Waals surface area contributed by atoms with Gasteiger partial charge in [0.05, 0.1) is 12.2 Å². The Balaban J connectivity index is 1.30. The zero-order chi connectivity index (χ0) is 23.4. The minimum Gasteiger partial charge on any atom is -0.393 e. The molecule has 4 saturated carbocycles. The molecule has 0 bridgehead atoms. The van der Waals surface area contributed by atoms with Crippen molar-refractivity contribution in [2.24, 2.45) is 46.3 Å². The van der Waals surface area contributed by atoms with Crippen LogP contribution in [-0.2, 0) is 0 Å². The van der Waals surface area contributed by atoms with E-state index in [0.29, 0.717) is 36.0 Å². The van der Waals surface area contributed by atoms with Crippen molar-refractivity contribution < 1.29 is 15.0 Å². The summed E-state index contributed by atoms with van der Waals surface area (Å²) >= 11 is 0. The van der Waals surface area contributed by atoms with Gasteiger partial charge in [-0.3, -0.25) is 4.79 Å². The van der Waals surface area contributed by atoms with Gasteiger partial charge in [0.15, 0.2) is 5.78 Å². The van der Waals surface area contributed by atoms with E-state index < -0.39 is 0 Å². The maximum Gasteiger partial charge on any atom is 0.162 e. The summed E-state index contributed by atoms with van der Waals surface area (Å²) < 4.78 is 0. The van der Waals surface area contributed by atoms with Crippen molar-refractivity contribution in [2.45, 2.75) is 97.2 Å². The van der Waals surface area contributed by atoms with Gasteiger partial charge < -0.3 is 10.2 Å². The van der Waals surface area contributed by atoms with Crippen molar-refractivity contribution >= 4 is 5.78 Å². The Labute approximate surface area is 200 Å². The number of fused-ring (bicyclic) bond motifs is 5. The van der Waals surface area contributed by atoms with Gasteiger partial charge in [0.25, 0.3) is 0 Å². The molecule has 2 N–H and O–H groups in total. The first kappa shape index (κ1) is 23.5. The molecular weight excluding hydrogens is 408 g/mol. The molecule has 3 heteroatoms. The maximum atomic E-state index is 12.7. The number of Topliss-reactive ketones (excluding diaryl/α,β-unsaturated/α-hetero) is 1. The van der Waals surface area contributed by atoms with Crippen LogP contribution in [0.25, 0.3) is 0 Å². The van der Waals surface area contributed by atoms with Crippen LogP contribution in [0.5, 0.6) is 0 Å². The number of benzene rings is 1. The molecule has 3 unspecified atom stereocenters. The number of carbonyl (C=O) groups is 1. The van der Waals surface area contributed by atoms with Crippen LogP contribution >= 0.6 is 0 Å². The molecule has 4 aliphatic rings. The first-order valence-electron chi connectivity index (χ1n) is 13.7.